The molecular weight excluding hydrogens is 452 g/mol. The number of fused-ring (bicyclic) bond motifs is 2. The summed E-state index contributed by atoms with van der Waals surface area (Å²) in [6.45, 7) is -0.0726. The van der Waals surface area contributed by atoms with E-state index in [0.29, 0.717) is 29.2 Å². The number of carbonyl (C=O) groups excluding carboxylic acids is 1. The van der Waals surface area contributed by atoms with E-state index in [2.05, 4.69) is 11.1 Å². The Labute approximate surface area is 209 Å². The Morgan fingerprint density at radius 3 is 2.47 bits per heavy atom. The van der Waals surface area contributed by atoms with E-state index < -0.39 is 0 Å². The van der Waals surface area contributed by atoms with Crippen molar-refractivity contribution in [3.63, 3.8) is 0 Å². The van der Waals surface area contributed by atoms with Crippen LogP contribution in [0.2, 0.25) is 0 Å². The molecule has 3 aromatic carbocycles. The molecule has 6 nitrogen and oxygen atoms in total. The van der Waals surface area contributed by atoms with Gasteiger partial charge < -0.3 is 19.6 Å². The van der Waals surface area contributed by atoms with Crippen molar-refractivity contribution in [1.29, 1.82) is 0 Å². The number of nitrogens with zero attached hydrogens (tertiary/aromatic N) is 1. The van der Waals surface area contributed by atoms with Gasteiger partial charge in [0.25, 0.3) is 0 Å². The van der Waals surface area contributed by atoms with Crippen LogP contribution in [0, 0.1) is 5.92 Å². The minimum absolute atomic E-state index is 0.0192. The summed E-state index contributed by atoms with van der Waals surface area (Å²) in [5.41, 5.74) is 4.99. The van der Waals surface area contributed by atoms with E-state index in [4.69, 9.17) is 14.5 Å². The van der Waals surface area contributed by atoms with Crippen molar-refractivity contribution in [1.82, 2.24) is 9.97 Å². The zero-order valence-corrected chi connectivity index (χ0v) is 20.3. The van der Waals surface area contributed by atoms with Crippen LogP contribution in [0.1, 0.15) is 22.3 Å². The highest BCUT2D eigenvalue weighted by Crippen LogP contribution is 2.34. The van der Waals surface area contributed by atoms with Gasteiger partial charge in [0.2, 0.25) is 0 Å². The predicted octanol–water partition coefficient (Wildman–Crippen LogP) is 5.82. The number of aliphatic hydroxyl groups is 1. The van der Waals surface area contributed by atoms with E-state index in [0.717, 1.165) is 32.9 Å². The van der Waals surface area contributed by atoms with Gasteiger partial charge >= 0.3 is 0 Å². The lowest BCUT2D eigenvalue weighted by Crippen LogP contribution is -2.16. The maximum atomic E-state index is 13.6. The Kier molecular flexibility index (Phi) is 6.69. The maximum absolute atomic E-state index is 13.6. The molecule has 5 aromatic rings. The number of para-hydroxylation sites is 2. The summed E-state index contributed by atoms with van der Waals surface area (Å²) in [5, 5.41) is 12.1. The molecule has 1 atom stereocenters. The Hall–Kier alpha value is -4.16. The third kappa shape index (κ3) is 4.55. The van der Waals surface area contributed by atoms with Gasteiger partial charge in [-0.2, -0.15) is 0 Å². The summed E-state index contributed by atoms with van der Waals surface area (Å²) < 4.78 is 10.8. The number of Topliss-reactive ketones (excluding diaryl/α,β-unsaturated/α-hetero) is 1. The number of aromatic amines is 1. The van der Waals surface area contributed by atoms with E-state index in [1.807, 2.05) is 72.9 Å². The molecule has 2 heterocycles. The monoisotopic (exact) mass is 480 g/mol. The predicted molar refractivity (Wildman–Crippen MR) is 142 cm³/mol. The van der Waals surface area contributed by atoms with Gasteiger partial charge in [-0.15, -0.1) is 0 Å². The van der Waals surface area contributed by atoms with Crippen LogP contribution in [0.3, 0.4) is 0 Å². The molecule has 0 aliphatic carbocycles. The normalized spacial score (nSPS) is 12.1. The van der Waals surface area contributed by atoms with E-state index in [1.165, 1.54) is 0 Å². The van der Waals surface area contributed by atoms with Crippen LogP contribution in [-0.2, 0) is 6.42 Å². The Balaban J connectivity index is 1.48. The number of pyridine rings is 1. The van der Waals surface area contributed by atoms with Gasteiger partial charge in [-0.3, -0.25) is 4.79 Å². The van der Waals surface area contributed by atoms with Crippen molar-refractivity contribution < 1.29 is 19.4 Å². The second-order valence-electron chi connectivity index (χ2n) is 8.88. The number of H-pyrrole nitrogens is 1. The quantitative estimate of drug-likeness (QED) is 0.260. The van der Waals surface area contributed by atoms with E-state index in [-0.39, 0.29) is 24.7 Å². The number of methoxy groups -OCH3 is 2. The lowest BCUT2D eigenvalue weighted by Gasteiger charge is -2.15. The number of aromatic nitrogens is 2. The lowest BCUT2D eigenvalue weighted by atomic mass is 9.91. The van der Waals surface area contributed by atoms with E-state index >= 15 is 0 Å². The van der Waals surface area contributed by atoms with Gasteiger partial charge in [-0.25, -0.2) is 4.98 Å². The molecule has 0 amide bonds. The number of hydrogen-bond acceptors (Lipinski definition) is 5. The van der Waals surface area contributed by atoms with Crippen LogP contribution < -0.4 is 9.47 Å². The molecule has 5 rings (SSSR count). The number of ether oxygens (including phenoxy) is 2. The number of rotatable bonds is 9. The summed E-state index contributed by atoms with van der Waals surface area (Å²) in [6, 6.07) is 23.1. The number of hydrogen-bond donors (Lipinski definition) is 2. The molecular formula is C30H28N2O4. The Morgan fingerprint density at radius 2 is 1.69 bits per heavy atom. The van der Waals surface area contributed by atoms with E-state index in [1.54, 1.807) is 14.2 Å². The van der Waals surface area contributed by atoms with Crippen molar-refractivity contribution >= 4 is 27.6 Å². The number of aliphatic hydroxyl groups excluding tert-OH is 1. The Bertz CT molecular complexity index is 1540. The average molecular weight is 481 g/mol. The third-order valence-corrected chi connectivity index (χ3v) is 6.61. The zero-order chi connectivity index (χ0) is 25.1. The fraction of sp³-hybridized carbons (Fsp3) is 0.200. The topological polar surface area (TPSA) is 84.4 Å². The van der Waals surface area contributed by atoms with Crippen LogP contribution in [0.4, 0.5) is 0 Å². The van der Waals surface area contributed by atoms with Crippen LogP contribution in [0.5, 0.6) is 11.5 Å². The molecule has 36 heavy (non-hydrogen) atoms. The summed E-state index contributed by atoms with van der Waals surface area (Å²) in [6.07, 6.45) is 2.81. The highest BCUT2D eigenvalue weighted by atomic mass is 16.5. The molecule has 0 aliphatic rings. The molecule has 0 saturated carbocycles. The Morgan fingerprint density at radius 1 is 0.944 bits per heavy atom. The summed E-state index contributed by atoms with van der Waals surface area (Å²) in [7, 11) is 3.18. The first-order chi connectivity index (χ1) is 17.6. The van der Waals surface area contributed by atoms with Crippen LogP contribution >= 0.6 is 0 Å². The third-order valence-electron chi connectivity index (χ3n) is 6.61. The molecule has 182 valence electrons. The molecule has 2 aromatic heterocycles. The molecule has 2 N–H and O–H groups in total. The zero-order valence-electron chi connectivity index (χ0n) is 20.3. The van der Waals surface area contributed by atoms with Crippen LogP contribution in [-0.4, -0.2) is 41.7 Å². The second-order valence-corrected chi connectivity index (χ2v) is 8.88. The molecule has 0 radical (unpaired) electrons. The number of benzene rings is 3. The van der Waals surface area contributed by atoms with Crippen LogP contribution in [0.25, 0.3) is 33.1 Å². The first-order valence-corrected chi connectivity index (χ1v) is 11.9. The van der Waals surface area contributed by atoms with Crippen molar-refractivity contribution in [2.24, 2.45) is 5.92 Å². The molecule has 0 spiro atoms. The molecule has 6 heteroatoms. The van der Waals surface area contributed by atoms with Gasteiger partial charge in [0.05, 0.1) is 25.4 Å². The minimum atomic E-state index is -0.201. The first kappa shape index (κ1) is 23.6. The molecule has 0 fully saturated rings. The molecule has 0 aliphatic heterocycles. The van der Waals surface area contributed by atoms with Gasteiger partial charge in [-0.1, -0.05) is 36.4 Å². The van der Waals surface area contributed by atoms with Gasteiger partial charge in [0.1, 0.15) is 0 Å². The summed E-state index contributed by atoms with van der Waals surface area (Å²) in [5.74, 6) is 1.00. The van der Waals surface area contributed by atoms with E-state index in [9.17, 15) is 9.90 Å². The first-order valence-electron chi connectivity index (χ1n) is 11.9. The van der Waals surface area contributed by atoms with Crippen molar-refractivity contribution in [2.75, 3.05) is 20.8 Å². The highest BCUT2D eigenvalue weighted by Gasteiger charge is 2.20. The summed E-state index contributed by atoms with van der Waals surface area (Å²) >= 11 is 0. The fourth-order valence-electron chi connectivity index (χ4n) is 4.73. The molecule has 0 bridgehead atoms. The smallest absolute Gasteiger partial charge is 0.164 e. The number of carbonyl (C=O) groups is 1. The number of nitrogens with one attached hydrogen (secondary N) is 1. The summed E-state index contributed by atoms with van der Waals surface area (Å²) in [4.78, 5) is 21.7. The van der Waals surface area contributed by atoms with Gasteiger partial charge in [0, 0.05) is 46.6 Å². The van der Waals surface area contributed by atoms with Crippen LogP contribution in [0.15, 0.2) is 79.0 Å². The highest BCUT2D eigenvalue weighted by molar-refractivity contribution is 6.08. The van der Waals surface area contributed by atoms with Crippen molar-refractivity contribution in [3.05, 3.63) is 90.1 Å². The van der Waals surface area contributed by atoms with Crippen molar-refractivity contribution in [3.8, 4) is 22.8 Å². The van der Waals surface area contributed by atoms with Crippen molar-refractivity contribution in [2.45, 2.75) is 12.8 Å². The standard InChI is InChI=1S/C30H28N2O4/c1-35-29-12-11-20(15-30(29)36-2)27-16-24(23-8-4-6-10-26(23)32-27)28(34)14-19(18-33)13-21-17-31-25-9-5-3-7-22(21)25/h3-12,15-17,19,31,33H,13-14,18H2,1-2H3. The fourth-order valence-corrected chi connectivity index (χ4v) is 4.73. The molecule has 1 unspecified atom stereocenters. The number of ketones is 1. The average Bonchev–Trinajstić information content (AvgIpc) is 3.34. The second kappa shape index (κ2) is 10.2. The minimum Gasteiger partial charge on any atom is -0.493 e. The maximum Gasteiger partial charge on any atom is 0.164 e. The SMILES string of the molecule is COc1ccc(-c2cc(C(=O)CC(CO)Cc3c[nH]c4ccccc34)c3ccccc3n2)cc1OC. The van der Waals surface area contributed by atoms with Gasteiger partial charge in [-0.05, 0) is 54.3 Å². The molecule has 0 saturated heterocycles. The largest absolute Gasteiger partial charge is 0.493 e. The lowest BCUT2D eigenvalue weighted by molar-refractivity contribution is 0.0937. The van der Waals surface area contributed by atoms with Gasteiger partial charge in [0.15, 0.2) is 17.3 Å².